The molecular formula is C10H18N2O4. The van der Waals surface area contributed by atoms with Crippen LogP contribution in [0.1, 0.15) is 32.1 Å². The normalized spacial score (nSPS) is 20.4. The zero-order chi connectivity index (χ0) is 12.2. The Bertz CT molecular complexity index is 274. The summed E-state index contributed by atoms with van der Waals surface area (Å²) in [4.78, 5) is 22.6. The van der Waals surface area contributed by atoms with E-state index in [-0.39, 0.29) is 13.0 Å². The molecule has 0 aromatic rings. The maximum Gasteiger partial charge on any atom is 0.326 e. The molecule has 0 unspecified atom stereocenters. The highest BCUT2D eigenvalue weighted by Crippen LogP contribution is 2.27. The lowest BCUT2D eigenvalue weighted by Gasteiger charge is -2.24. The lowest BCUT2D eigenvalue weighted by molar-refractivity contribution is -0.143. The van der Waals surface area contributed by atoms with E-state index in [4.69, 9.17) is 15.9 Å². The van der Waals surface area contributed by atoms with Gasteiger partial charge < -0.3 is 21.3 Å². The van der Waals surface area contributed by atoms with Crippen molar-refractivity contribution < 1.29 is 19.8 Å². The van der Waals surface area contributed by atoms with Crippen LogP contribution in [0.5, 0.6) is 0 Å². The number of nitrogens with one attached hydrogen (secondary N) is 1. The van der Waals surface area contributed by atoms with Crippen LogP contribution in [0.15, 0.2) is 0 Å². The molecule has 0 aliphatic heterocycles. The molecule has 1 atom stereocenters. The number of carbonyl (C=O) groups excluding carboxylic acids is 1. The third-order valence-corrected chi connectivity index (χ3v) is 2.97. The van der Waals surface area contributed by atoms with E-state index in [9.17, 15) is 9.59 Å². The van der Waals surface area contributed by atoms with Gasteiger partial charge in [-0.05, 0) is 12.8 Å². The molecular weight excluding hydrogens is 212 g/mol. The Labute approximate surface area is 93.8 Å². The molecule has 1 rings (SSSR count). The zero-order valence-electron chi connectivity index (χ0n) is 9.11. The predicted octanol–water partition coefficient (Wildman–Crippen LogP) is -0.790. The third-order valence-electron chi connectivity index (χ3n) is 2.97. The van der Waals surface area contributed by atoms with Crippen LogP contribution in [0.3, 0.4) is 0 Å². The van der Waals surface area contributed by atoms with Crippen molar-refractivity contribution in [2.45, 2.75) is 43.7 Å². The second kappa shape index (κ2) is 5.27. The van der Waals surface area contributed by atoms with Gasteiger partial charge in [0, 0.05) is 13.0 Å². The first-order valence-corrected chi connectivity index (χ1v) is 5.43. The van der Waals surface area contributed by atoms with E-state index in [0.29, 0.717) is 12.8 Å². The molecule has 6 heteroatoms. The number of amides is 1. The van der Waals surface area contributed by atoms with Crippen molar-refractivity contribution in [2.24, 2.45) is 5.73 Å². The Morgan fingerprint density at radius 2 is 1.94 bits per heavy atom. The number of carboxylic acids is 1. The van der Waals surface area contributed by atoms with E-state index in [1.54, 1.807) is 0 Å². The summed E-state index contributed by atoms with van der Waals surface area (Å²) in [5, 5.41) is 19.9. The monoisotopic (exact) mass is 230 g/mol. The molecule has 1 aliphatic carbocycles. The molecule has 92 valence electrons. The van der Waals surface area contributed by atoms with E-state index >= 15 is 0 Å². The SMILES string of the molecule is NC1(C(=O)N[C@H](CCO)C(=O)O)CCCC1. The minimum atomic E-state index is -1.15. The second-order valence-electron chi connectivity index (χ2n) is 4.24. The average molecular weight is 230 g/mol. The lowest BCUT2D eigenvalue weighted by atomic mass is 9.97. The maximum atomic E-state index is 11.8. The van der Waals surface area contributed by atoms with Gasteiger partial charge in [0.1, 0.15) is 6.04 Å². The van der Waals surface area contributed by atoms with Crippen molar-refractivity contribution in [1.82, 2.24) is 5.32 Å². The summed E-state index contributed by atoms with van der Waals surface area (Å²) in [6.07, 6.45) is 2.95. The van der Waals surface area contributed by atoms with E-state index in [1.807, 2.05) is 0 Å². The molecule has 1 aliphatic rings. The van der Waals surface area contributed by atoms with Crippen LogP contribution in [0.2, 0.25) is 0 Å². The lowest BCUT2D eigenvalue weighted by Crippen LogP contribution is -2.56. The van der Waals surface area contributed by atoms with Crippen molar-refractivity contribution in [3.8, 4) is 0 Å². The largest absolute Gasteiger partial charge is 0.480 e. The molecule has 6 nitrogen and oxygen atoms in total. The summed E-state index contributed by atoms with van der Waals surface area (Å²) in [6.45, 7) is -0.283. The van der Waals surface area contributed by atoms with E-state index in [0.717, 1.165) is 12.8 Å². The minimum absolute atomic E-state index is 0.00282. The van der Waals surface area contributed by atoms with E-state index < -0.39 is 23.5 Å². The molecule has 5 N–H and O–H groups in total. The first-order valence-electron chi connectivity index (χ1n) is 5.43. The predicted molar refractivity (Wildman–Crippen MR) is 56.7 cm³/mol. The molecule has 0 aromatic heterocycles. The smallest absolute Gasteiger partial charge is 0.326 e. The van der Waals surface area contributed by atoms with Crippen LogP contribution in [0.4, 0.5) is 0 Å². The van der Waals surface area contributed by atoms with Crippen LogP contribution < -0.4 is 11.1 Å². The summed E-state index contributed by atoms with van der Waals surface area (Å²) < 4.78 is 0. The number of aliphatic hydroxyl groups excluding tert-OH is 1. The first kappa shape index (κ1) is 12.9. The quantitative estimate of drug-likeness (QED) is 0.494. The fraction of sp³-hybridized carbons (Fsp3) is 0.800. The van der Waals surface area contributed by atoms with Crippen molar-refractivity contribution in [2.75, 3.05) is 6.61 Å². The van der Waals surface area contributed by atoms with E-state index in [2.05, 4.69) is 5.32 Å². The van der Waals surface area contributed by atoms with Crippen molar-refractivity contribution >= 4 is 11.9 Å². The summed E-state index contributed by atoms with van der Waals surface area (Å²) >= 11 is 0. The zero-order valence-corrected chi connectivity index (χ0v) is 9.11. The molecule has 0 bridgehead atoms. The minimum Gasteiger partial charge on any atom is -0.480 e. The molecule has 0 saturated heterocycles. The van der Waals surface area contributed by atoms with Gasteiger partial charge in [-0.25, -0.2) is 4.79 Å². The summed E-state index contributed by atoms with van der Waals surface area (Å²) in [5.41, 5.74) is 4.95. The Morgan fingerprint density at radius 3 is 2.38 bits per heavy atom. The summed E-state index contributed by atoms with van der Waals surface area (Å²) in [7, 11) is 0. The molecule has 16 heavy (non-hydrogen) atoms. The highest BCUT2D eigenvalue weighted by molar-refractivity contribution is 5.90. The van der Waals surface area contributed by atoms with Crippen molar-refractivity contribution in [3.63, 3.8) is 0 Å². The Morgan fingerprint density at radius 1 is 1.38 bits per heavy atom. The fourth-order valence-electron chi connectivity index (χ4n) is 1.92. The standard InChI is InChI=1S/C10H18N2O4/c11-10(4-1-2-5-10)9(16)12-7(3-6-13)8(14)15/h7,13H,1-6,11H2,(H,12,16)(H,14,15)/t7-/m1/s1. The van der Waals surface area contributed by atoms with Gasteiger partial charge in [-0.3, -0.25) is 4.79 Å². The van der Waals surface area contributed by atoms with Crippen LogP contribution in [-0.4, -0.2) is 40.3 Å². The number of carbonyl (C=O) groups is 2. The molecule has 1 amide bonds. The van der Waals surface area contributed by atoms with Crippen LogP contribution in [-0.2, 0) is 9.59 Å². The van der Waals surface area contributed by atoms with Gasteiger partial charge in [0.15, 0.2) is 0 Å². The second-order valence-corrected chi connectivity index (χ2v) is 4.24. The van der Waals surface area contributed by atoms with E-state index in [1.165, 1.54) is 0 Å². The summed E-state index contributed by atoms with van der Waals surface area (Å²) in [6, 6.07) is -1.06. The molecule has 0 radical (unpaired) electrons. The number of hydrogen-bond acceptors (Lipinski definition) is 4. The van der Waals surface area contributed by atoms with Gasteiger partial charge in [-0.1, -0.05) is 12.8 Å². The number of nitrogens with two attached hydrogens (primary N) is 1. The molecule has 0 heterocycles. The van der Waals surface area contributed by atoms with Crippen LogP contribution in [0.25, 0.3) is 0 Å². The topological polar surface area (TPSA) is 113 Å². The van der Waals surface area contributed by atoms with Crippen molar-refractivity contribution in [1.29, 1.82) is 0 Å². The Kier molecular flexibility index (Phi) is 4.26. The summed E-state index contributed by atoms with van der Waals surface area (Å²) in [5.74, 6) is -1.57. The Balaban J connectivity index is 2.57. The fourth-order valence-corrected chi connectivity index (χ4v) is 1.92. The van der Waals surface area contributed by atoms with Gasteiger partial charge in [-0.2, -0.15) is 0 Å². The van der Waals surface area contributed by atoms with Gasteiger partial charge in [0.2, 0.25) is 5.91 Å². The van der Waals surface area contributed by atoms with Gasteiger partial charge in [0.25, 0.3) is 0 Å². The number of aliphatic carboxylic acids is 1. The average Bonchev–Trinajstić information content (AvgIpc) is 2.65. The maximum absolute atomic E-state index is 11.8. The molecule has 0 aromatic carbocycles. The van der Waals surface area contributed by atoms with Crippen molar-refractivity contribution in [3.05, 3.63) is 0 Å². The van der Waals surface area contributed by atoms with Crippen LogP contribution >= 0.6 is 0 Å². The van der Waals surface area contributed by atoms with Gasteiger partial charge >= 0.3 is 5.97 Å². The van der Waals surface area contributed by atoms with Gasteiger partial charge in [0.05, 0.1) is 5.54 Å². The molecule has 0 spiro atoms. The number of hydrogen-bond donors (Lipinski definition) is 4. The molecule has 1 fully saturated rings. The molecule has 1 saturated carbocycles. The number of carboxylic acid groups (broad SMARTS) is 1. The highest BCUT2D eigenvalue weighted by atomic mass is 16.4. The Hall–Kier alpha value is -1.14. The number of aliphatic hydroxyl groups is 1. The van der Waals surface area contributed by atoms with Crippen LogP contribution in [0, 0.1) is 0 Å². The first-order chi connectivity index (χ1) is 7.49. The highest BCUT2D eigenvalue weighted by Gasteiger charge is 2.38. The number of rotatable bonds is 5. The van der Waals surface area contributed by atoms with Gasteiger partial charge in [-0.15, -0.1) is 0 Å². The third kappa shape index (κ3) is 2.93.